The molecule has 1 aliphatic carbocycles. The highest BCUT2D eigenvalue weighted by atomic mass is 32.2. The van der Waals surface area contributed by atoms with Gasteiger partial charge in [0.15, 0.2) is 9.84 Å². The van der Waals surface area contributed by atoms with Gasteiger partial charge in [0.1, 0.15) is 0 Å². The lowest BCUT2D eigenvalue weighted by Gasteiger charge is -2.17. The number of nitrogens with one attached hydrogen (secondary N) is 1. The molecule has 4 heteroatoms. The van der Waals surface area contributed by atoms with Crippen LogP contribution in [0.4, 0.5) is 0 Å². The predicted octanol–water partition coefficient (Wildman–Crippen LogP) is 1.99. The van der Waals surface area contributed by atoms with Crippen LogP contribution in [-0.2, 0) is 15.6 Å². The largest absolute Gasteiger partial charge is 0.313 e. The smallest absolute Gasteiger partial charge is 0.155 e. The van der Waals surface area contributed by atoms with Gasteiger partial charge in [0.2, 0.25) is 0 Å². The summed E-state index contributed by atoms with van der Waals surface area (Å²) in [6.45, 7) is 2.86. The molecule has 18 heavy (non-hydrogen) atoms. The highest BCUT2D eigenvalue weighted by molar-refractivity contribution is 7.90. The van der Waals surface area contributed by atoms with E-state index >= 15 is 0 Å². The summed E-state index contributed by atoms with van der Waals surface area (Å²) in [6, 6.07) is 9.56. The molecule has 1 aromatic carbocycles. The van der Waals surface area contributed by atoms with Gasteiger partial charge < -0.3 is 5.32 Å². The second kappa shape index (κ2) is 5.85. The third kappa shape index (κ3) is 4.10. The van der Waals surface area contributed by atoms with Crippen LogP contribution < -0.4 is 5.32 Å². The second-order valence-corrected chi connectivity index (χ2v) is 7.15. The fourth-order valence-electron chi connectivity index (χ4n) is 2.28. The molecule has 0 heterocycles. The van der Waals surface area contributed by atoms with E-state index in [-0.39, 0.29) is 17.5 Å². The Morgan fingerprint density at radius 3 is 2.50 bits per heavy atom. The minimum absolute atomic E-state index is 0.142. The van der Waals surface area contributed by atoms with Crippen molar-refractivity contribution in [3.8, 4) is 0 Å². The highest BCUT2D eigenvalue weighted by Gasteiger charge is 2.33. The van der Waals surface area contributed by atoms with Crippen molar-refractivity contribution in [2.24, 2.45) is 5.92 Å². The van der Waals surface area contributed by atoms with Gasteiger partial charge in [0.05, 0.1) is 11.5 Å². The molecule has 0 amide bonds. The molecule has 1 aliphatic rings. The van der Waals surface area contributed by atoms with Crippen LogP contribution in [0.25, 0.3) is 0 Å². The van der Waals surface area contributed by atoms with Crippen LogP contribution in [0.2, 0.25) is 0 Å². The molecule has 0 radical (unpaired) electrons. The second-order valence-electron chi connectivity index (χ2n) is 5.04. The van der Waals surface area contributed by atoms with Crippen LogP contribution >= 0.6 is 0 Å². The van der Waals surface area contributed by atoms with Crippen molar-refractivity contribution in [3.63, 3.8) is 0 Å². The molecule has 1 N–H and O–H groups in total. The molecule has 3 nitrogen and oxygen atoms in total. The number of hydrogen-bond donors (Lipinski definition) is 1. The van der Waals surface area contributed by atoms with E-state index in [4.69, 9.17) is 0 Å². The molecule has 0 aromatic heterocycles. The highest BCUT2D eigenvalue weighted by Crippen LogP contribution is 2.33. The van der Waals surface area contributed by atoms with E-state index in [2.05, 4.69) is 5.32 Å². The van der Waals surface area contributed by atoms with Crippen LogP contribution in [0.1, 0.15) is 25.3 Å². The lowest BCUT2D eigenvalue weighted by molar-refractivity contribution is 0.502. The van der Waals surface area contributed by atoms with Crippen molar-refractivity contribution in [2.45, 2.75) is 31.6 Å². The SMILES string of the molecule is CCNC(CS(=O)(=O)Cc1ccccc1)C1CC1. The van der Waals surface area contributed by atoms with E-state index < -0.39 is 9.84 Å². The van der Waals surface area contributed by atoms with Crippen LogP contribution in [0.3, 0.4) is 0 Å². The predicted molar refractivity (Wildman–Crippen MR) is 74.1 cm³/mol. The topological polar surface area (TPSA) is 46.2 Å². The van der Waals surface area contributed by atoms with E-state index in [0.717, 1.165) is 12.1 Å². The maximum absolute atomic E-state index is 12.2. The third-order valence-electron chi connectivity index (χ3n) is 3.32. The van der Waals surface area contributed by atoms with Gasteiger partial charge in [-0.3, -0.25) is 0 Å². The molecular formula is C14H21NO2S. The Morgan fingerprint density at radius 2 is 1.94 bits per heavy atom. The fraction of sp³-hybridized carbons (Fsp3) is 0.571. The Labute approximate surface area is 110 Å². The number of benzene rings is 1. The molecule has 100 valence electrons. The van der Waals surface area contributed by atoms with Gasteiger partial charge in [0.25, 0.3) is 0 Å². The zero-order chi connectivity index (χ0) is 13.0. The Morgan fingerprint density at radius 1 is 1.28 bits per heavy atom. The van der Waals surface area contributed by atoms with Crippen LogP contribution in [0, 0.1) is 5.92 Å². The van der Waals surface area contributed by atoms with Gasteiger partial charge in [-0.05, 0) is 30.9 Å². The first-order chi connectivity index (χ1) is 8.61. The van der Waals surface area contributed by atoms with Crippen molar-refractivity contribution in [1.82, 2.24) is 5.32 Å². The molecule has 1 unspecified atom stereocenters. The van der Waals surface area contributed by atoms with Gasteiger partial charge >= 0.3 is 0 Å². The molecule has 0 bridgehead atoms. The molecule has 1 atom stereocenters. The Kier molecular flexibility index (Phi) is 4.40. The molecular weight excluding hydrogens is 246 g/mol. The monoisotopic (exact) mass is 267 g/mol. The average molecular weight is 267 g/mol. The molecule has 1 aromatic rings. The van der Waals surface area contributed by atoms with Crippen LogP contribution in [-0.4, -0.2) is 26.8 Å². The standard InChI is InChI=1S/C14H21NO2S/c1-2-15-14(13-8-9-13)11-18(16,17)10-12-6-4-3-5-7-12/h3-7,13-15H,2,8-11H2,1H3. The molecule has 0 spiro atoms. The maximum Gasteiger partial charge on any atom is 0.155 e. The summed E-state index contributed by atoms with van der Waals surface area (Å²) in [6.07, 6.45) is 2.33. The van der Waals surface area contributed by atoms with Crippen molar-refractivity contribution in [2.75, 3.05) is 12.3 Å². The molecule has 1 saturated carbocycles. The van der Waals surface area contributed by atoms with Crippen LogP contribution in [0.5, 0.6) is 0 Å². The average Bonchev–Trinajstić information content (AvgIpc) is 3.12. The molecule has 2 rings (SSSR count). The molecule has 0 saturated heterocycles. The van der Waals surface area contributed by atoms with E-state index in [1.807, 2.05) is 37.3 Å². The summed E-state index contributed by atoms with van der Waals surface area (Å²) < 4.78 is 24.4. The van der Waals surface area contributed by atoms with E-state index in [9.17, 15) is 8.42 Å². The summed E-state index contributed by atoms with van der Waals surface area (Å²) in [7, 11) is -3.02. The Bertz CT molecular complexity index is 466. The summed E-state index contributed by atoms with van der Waals surface area (Å²) in [5.41, 5.74) is 0.878. The zero-order valence-corrected chi connectivity index (χ0v) is 11.6. The first-order valence-corrected chi connectivity index (χ1v) is 8.40. The minimum Gasteiger partial charge on any atom is -0.313 e. The summed E-state index contributed by atoms with van der Waals surface area (Å²) in [5, 5.41) is 3.31. The van der Waals surface area contributed by atoms with Gasteiger partial charge in [-0.25, -0.2) is 8.42 Å². The van der Waals surface area contributed by atoms with E-state index in [1.54, 1.807) is 0 Å². The summed E-state index contributed by atoms with van der Waals surface area (Å²) in [4.78, 5) is 0. The molecule has 1 fully saturated rings. The summed E-state index contributed by atoms with van der Waals surface area (Å²) >= 11 is 0. The number of sulfone groups is 1. The van der Waals surface area contributed by atoms with Gasteiger partial charge in [-0.2, -0.15) is 0 Å². The van der Waals surface area contributed by atoms with Gasteiger partial charge in [0, 0.05) is 6.04 Å². The van der Waals surface area contributed by atoms with Crippen molar-refractivity contribution < 1.29 is 8.42 Å². The number of hydrogen-bond acceptors (Lipinski definition) is 3. The van der Waals surface area contributed by atoms with E-state index in [0.29, 0.717) is 5.92 Å². The zero-order valence-electron chi connectivity index (χ0n) is 10.8. The third-order valence-corrected chi connectivity index (χ3v) is 4.96. The number of rotatable bonds is 7. The van der Waals surface area contributed by atoms with Gasteiger partial charge in [-0.15, -0.1) is 0 Å². The van der Waals surface area contributed by atoms with Crippen molar-refractivity contribution in [3.05, 3.63) is 35.9 Å². The first kappa shape index (κ1) is 13.6. The quantitative estimate of drug-likeness (QED) is 0.822. The first-order valence-electron chi connectivity index (χ1n) is 6.58. The normalized spacial score (nSPS) is 17.6. The minimum atomic E-state index is -3.02. The molecule has 0 aliphatic heterocycles. The van der Waals surface area contributed by atoms with Crippen molar-refractivity contribution >= 4 is 9.84 Å². The maximum atomic E-state index is 12.2. The summed E-state index contributed by atoms with van der Waals surface area (Å²) in [5.74, 6) is 0.985. The van der Waals surface area contributed by atoms with Crippen LogP contribution in [0.15, 0.2) is 30.3 Å². The fourth-order valence-corrected chi connectivity index (χ4v) is 4.04. The van der Waals surface area contributed by atoms with Crippen molar-refractivity contribution in [1.29, 1.82) is 0 Å². The van der Waals surface area contributed by atoms with Gasteiger partial charge in [-0.1, -0.05) is 37.3 Å². The Balaban J connectivity index is 1.97. The lowest BCUT2D eigenvalue weighted by Crippen LogP contribution is -2.37. The van der Waals surface area contributed by atoms with E-state index in [1.165, 1.54) is 12.8 Å². The Hall–Kier alpha value is -0.870. The lowest BCUT2D eigenvalue weighted by atomic mass is 10.2.